The molecular weight excluding hydrogens is 319 g/mol. The monoisotopic (exact) mass is 334 g/mol. The highest BCUT2D eigenvalue weighted by atomic mass is 19.1. The van der Waals surface area contributed by atoms with Gasteiger partial charge in [-0.1, -0.05) is 6.07 Å². The summed E-state index contributed by atoms with van der Waals surface area (Å²) in [6.07, 6.45) is 9.19. The Balaban J connectivity index is 1.59. The number of rotatable bonds is 4. The van der Waals surface area contributed by atoms with Crippen LogP contribution in [0.1, 0.15) is 11.3 Å². The molecule has 0 N–H and O–H groups in total. The first-order chi connectivity index (χ1) is 12.2. The molecule has 3 heterocycles. The van der Waals surface area contributed by atoms with Crippen LogP contribution in [0.2, 0.25) is 0 Å². The van der Waals surface area contributed by atoms with Gasteiger partial charge in [-0.15, -0.1) is 0 Å². The molecule has 0 aliphatic rings. The third kappa shape index (κ3) is 3.19. The number of benzene rings is 1. The summed E-state index contributed by atoms with van der Waals surface area (Å²) in [6, 6.07) is 8.01. The lowest BCUT2D eigenvalue weighted by Gasteiger charge is -2.04. The van der Waals surface area contributed by atoms with E-state index in [4.69, 9.17) is 4.74 Å². The first-order valence-electron chi connectivity index (χ1n) is 7.82. The van der Waals surface area contributed by atoms with Gasteiger partial charge >= 0.3 is 0 Å². The van der Waals surface area contributed by atoms with Gasteiger partial charge in [0.05, 0.1) is 5.69 Å². The van der Waals surface area contributed by atoms with E-state index in [1.807, 2.05) is 36.0 Å². The van der Waals surface area contributed by atoms with Crippen LogP contribution < -0.4 is 4.74 Å². The van der Waals surface area contributed by atoms with Crippen LogP contribution >= 0.6 is 0 Å². The van der Waals surface area contributed by atoms with Gasteiger partial charge < -0.3 is 4.74 Å². The highest BCUT2D eigenvalue weighted by Gasteiger charge is 2.08. The Bertz CT molecular complexity index is 1040. The highest BCUT2D eigenvalue weighted by Crippen LogP contribution is 2.22. The Morgan fingerprint density at radius 3 is 2.92 bits per heavy atom. The number of hydrogen-bond acceptors (Lipinski definition) is 4. The van der Waals surface area contributed by atoms with Crippen LogP contribution in [0, 0.1) is 12.7 Å². The van der Waals surface area contributed by atoms with E-state index in [-0.39, 0.29) is 12.4 Å². The smallest absolute Gasteiger partial charge is 0.234 e. The van der Waals surface area contributed by atoms with Gasteiger partial charge in [0.2, 0.25) is 5.78 Å². The molecule has 3 aromatic heterocycles. The average molecular weight is 334 g/mol. The molecule has 0 aliphatic heterocycles. The molecule has 0 saturated heterocycles. The van der Waals surface area contributed by atoms with Gasteiger partial charge in [0.25, 0.3) is 0 Å². The molecule has 0 radical (unpaired) electrons. The van der Waals surface area contributed by atoms with Gasteiger partial charge in [-0.3, -0.25) is 9.38 Å². The number of pyridine rings is 1. The summed E-state index contributed by atoms with van der Waals surface area (Å²) in [4.78, 5) is 13.0. The number of imidazole rings is 1. The Morgan fingerprint density at radius 2 is 2.08 bits per heavy atom. The molecular formula is C19H15FN4O. The lowest BCUT2D eigenvalue weighted by atomic mass is 10.1. The molecule has 0 fully saturated rings. The molecule has 1 aromatic carbocycles. The van der Waals surface area contributed by atoms with Crippen molar-refractivity contribution in [1.29, 1.82) is 0 Å². The van der Waals surface area contributed by atoms with Crippen LogP contribution in [0.3, 0.4) is 0 Å². The van der Waals surface area contributed by atoms with E-state index < -0.39 is 0 Å². The van der Waals surface area contributed by atoms with Crippen molar-refractivity contribution in [3.05, 3.63) is 78.4 Å². The molecule has 5 nitrogen and oxygen atoms in total. The zero-order valence-corrected chi connectivity index (χ0v) is 13.6. The zero-order chi connectivity index (χ0) is 17.2. The standard InChI is InChI=1S/C19H15FN4O/c1-13-5-6-21-9-18(13)14-8-22-19-23-16(11-24(19)10-14)12-25-17-4-2-3-15(20)7-17/h2-11H,12H2,1H3. The van der Waals surface area contributed by atoms with Crippen LogP contribution in [-0.4, -0.2) is 19.4 Å². The first kappa shape index (κ1) is 15.3. The fourth-order valence-electron chi connectivity index (χ4n) is 2.62. The van der Waals surface area contributed by atoms with Gasteiger partial charge in [0.15, 0.2) is 0 Å². The topological polar surface area (TPSA) is 52.3 Å². The van der Waals surface area contributed by atoms with E-state index in [0.717, 1.165) is 22.4 Å². The highest BCUT2D eigenvalue weighted by molar-refractivity contribution is 5.65. The minimum Gasteiger partial charge on any atom is -0.487 e. The van der Waals surface area contributed by atoms with E-state index in [9.17, 15) is 4.39 Å². The number of aromatic nitrogens is 4. The van der Waals surface area contributed by atoms with Crippen molar-refractivity contribution < 1.29 is 9.13 Å². The van der Waals surface area contributed by atoms with Crippen molar-refractivity contribution in [3.8, 4) is 16.9 Å². The number of ether oxygens (including phenoxy) is 1. The van der Waals surface area contributed by atoms with Crippen molar-refractivity contribution in [2.24, 2.45) is 0 Å². The minimum atomic E-state index is -0.328. The molecule has 6 heteroatoms. The summed E-state index contributed by atoms with van der Waals surface area (Å²) in [6.45, 7) is 2.28. The third-order valence-corrected chi connectivity index (χ3v) is 3.89. The van der Waals surface area contributed by atoms with Crippen molar-refractivity contribution in [2.75, 3.05) is 0 Å². The average Bonchev–Trinajstić information content (AvgIpc) is 3.02. The zero-order valence-electron chi connectivity index (χ0n) is 13.6. The van der Waals surface area contributed by atoms with Crippen molar-refractivity contribution in [2.45, 2.75) is 13.5 Å². The van der Waals surface area contributed by atoms with Crippen molar-refractivity contribution in [1.82, 2.24) is 19.4 Å². The van der Waals surface area contributed by atoms with Crippen LogP contribution in [0.5, 0.6) is 5.75 Å². The van der Waals surface area contributed by atoms with Crippen LogP contribution in [0.4, 0.5) is 4.39 Å². The molecule has 0 saturated carbocycles. The van der Waals surface area contributed by atoms with E-state index in [1.165, 1.54) is 12.1 Å². The summed E-state index contributed by atoms with van der Waals surface area (Å²) < 4.78 is 20.6. The Labute approximate surface area is 143 Å². The minimum absolute atomic E-state index is 0.244. The van der Waals surface area contributed by atoms with Gasteiger partial charge in [-0.05, 0) is 30.7 Å². The maximum Gasteiger partial charge on any atom is 0.234 e. The summed E-state index contributed by atoms with van der Waals surface area (Å²) in [5.74, 6) is 0.727. The molecule has 4 aromatic rings. The predicted molar refractivity (Wildman–Crippen MR) is 91.7 cm³/mol. The second-order valence-electron chi connectivity index (χ2n) is 5.72. The van der Waals surface area contributed by atoms with Crippen molar-refractivity contribution in [3.63, 3.8) is 0 Å². The van der Waals surface area contributed by atoms with Gasteiger partial charge in [0.1, 0.15) is 18.2 Å². The maximum atomic E-state index is 13.2. The fraction of sp³-hybridized carbons (Fsp3) is 0.105. The van der Waals surface area contributed by atoms with Crippen LogP contribution in [0.15, 0.2) is 61.3 Å². The number of hydrogen-bond donors (Lipinski definition) is 0. The van der Waals surface area contributed by atoms with Crippen LogP contribution in [-0.2, 0) is 6.61 Å². The molecule has 0 atom stereocenters. The number of fused-ring (bicyclic) bond motifs is 1. The Morgan fingerprint density at radius 1 is 1.16 bits per heavy atom. The van der Waals surface area contributed by atoms with Crippen molar-refractivity contribution >= 4 is 5.78 Å². The number of nitrogens with zero attached hydrogens (tertiary/aromatic N) is 4. The Kier molecular flexibility index (Phi) is 3.85. The van der Waals surface area contributed by atoms with Crippen LogP contribution in [0.25, 0.3) is 16.9 Å². The van der Waals surface area contributed by atoms with E-state index in [2.05, 4.69) is 15.0 Å². The predicted octanol–water partition coefficient (Wildman–Crippen LogP) is 3.82. The van der Waals surface area contributed by atoms with Gasteiger partial charge in [0, 0.05) is 48.2 Å². The van der Waals surface area contributed by atoms with E-state index >= 15 is 0 Å². The normalized spacial score (nSPS) is 11.0. The second kappa shape index (κ2) is 6.32. The third-order valence-electron chi connectivity index (χ3n) is 3.89. The molecule has 0 bridgehead atoms. The first-order valence-corrected chi connectivity index (χ1v) is 7.82. The number of aryl methyl sites for hydroxylation is 1. The molecule has 25 heavy (non-hydrogen) atoms. The summed E-state index contributed by atoms with van der Waals surface area (Å²) in [7, 11) is 0. The maximum absolute atomic E-state index is 13.2. The summed E-state index contributed by atoms with van der Waals surface area (Å²) in [5.41, 5.74) is 3.85. The van der Waals surface area contributed by atoms with E-state index in [1.54, 1.807) is 24.5 Å². The molecule has 4 rings (SSSR count). The molecule has 0 aliphatic carbocycles. The number of halogens is 1. The molecule has 0 unspecified atom stereocenters. The fourth-order valence-corrected chi connectivity index (χ4v) is 2.62. The lowest BCUT2D eigenvalue weighted by molar-refractivity contribution is 0.300. The molecule has 0 amide bonds. The van der Waals surface area contributed by atoms with Gasteiger partial charge in [-0.25, -0.2) is 14.4 Å². The SMILES string of the molecule is Cc1ccncc1-c1cnc2nc(COc3cccc(F)c3)cn2c1. The largest absolute Gasteiger partial charge is 0.487 e. The lowest BCUT2D eigenvalue weighted by Crippen LogP contribution is -1.95. The quantitative estimate of drug-likeness (QED) is 0.569. The van der Waals surface area contributed by atoms with Gasteiger partial charge in [-0.2, -0.15) is 0 Å². The second-order valence-corrected chi connectivity index (χ2v) is 5.72. The Hall–Kier alpha value is -3.28. The summed E-state index contributed by atoms with van der Waals surface area (Å²) in [5, 5.41) is 0. The molecule has 124 valence electrons. The van der Waals surface area contributed by atoms with E-state index in [0.29, 0.717) is 11.5 Å². The molecule has 0 spiro atoms. The summed E-state index contributed by atoms with van der Waals surface area (Å²) >= 11 is 0.